The molecule has 2 aliphatic rings. The maximum atomic E-state index is 13.7. The van der Waals surface area contributed by atoms with Crippen LogP contribution in [-0.2, 0) is 22.6 Å². The summed E-state index contributed by atoms with van der Waals surface area (Å²) in [6.45, 7) is 4.91. The van der Waals surface area contributed by atoms with E-state index in [1.165, 1.54) is 10.5 Å². The number of carbonyl (C=O) groups is 2. The molecular weight excluding hydrogens is 386 g/mol. The number of hydrogen-bond acceptors (Lipinski definition) is 4. The molecule has 2 aliphatic heterocycles. The van der Waals surface area contributed by atoms with E-state index in [1.807, 2.05) is 61.2 Å². The fourth-order valence-corrected chi connectivity index (χ4v) is 4.54. The van der Waals surface area contributed by atoms with Gasteiger partial charge in [0.25, 0.3) is 11.8 Å². The number of hydrogen-bond donors (Lipinski definition) is 0. The number of anilines is 1. The van der Waals surface area contributed by atoms with E-state index in [1.54, 1.807) is 12.4 Å². The molecule has 0 spiro atoms. The first-order valence-corrected chi connectivity index (χ1v) is 10.5. The summed E-state index contributed by atoms with van der Waals surface area (Å²) in [5.41, 5.74) is 6.92. The molecule has 0 saturated heterocycles. The highest BCUT2D eigenvalue weighted by atomic mass is 16.2. The van der Waals surface area contributed by atoms with E-state index < -0.39 is 0 Å². The maximum Gasteiger partial charge on any atom is 0.278 e. The average Bonchev–Trinajstić information content (AvgIpc) is 3.29. The number of rotatable bonds is 4. The lowest BCUT2D eigenvalue weighted by Gasteiger charge is -2.22. The highest BCUT2D eigenvalue weighted by molar-refractivity contribution is 6.37. The van der Waals surface area contributed by atoms with Gasteiger partial charge >= 0.3 is 0 Å². The van der Waals surface area contributed by atoms with Gasteiger partial charge in [-0.15, -0.1) is 0 Å². The normalized spacial score (nSPS) is 15.8. The van der Waals surface area contributed by atoms with Crippen LogP contribution in [0, 0.1) is 13.8 Å². The Bertz CT molecular complexity index is 1230. The minimum Gasteiger partial charge on any atom is -0.336 e. The number of carbonyl (C=O) groups excluding carboxylic acids is 2. The minimum absolute atomic E-state index is 0.207. The molecule has 154 valence electrons. The van der Waals surface area contributed by atoms with Crippen LogP contribution in [0.1, 0.15) is 27.8 Å². The van der Waals surface area contributed by atoms with Crippen molar-refractivity contribution in [1.29, 1.82) is 0 Å². The van der Waals surface area contributed by atoms with E-state index in [0.717, 1.165) is 34.4 Å². The van der Waals surface area contributed by atoms with Crippen molar-refractivity contribution < 1.29 is 9.59 Å². The SMILES string of the molecule is Cc1ccc(C2=C(N3CCc4ccccc43)C(=O)N(Cc3cccnc3)C2=O)c(C)c1. The van der Waals surface area contributed by atoms with Crippen molar-refractivity contribution in [2.75, 3.05) is 11.4 Å². The zero-order valence-electron chi connectivity index (χ0n) is 17.6. The molecule has 0 fully saturated rings. The van der Waals surface area contributed by atoms with Gasteiger partial charge in [-0.2, -0.15) is 0 Å². The molecule has 0 radical (unpaired) electrons. The van der Waals surface area contributed by atoms with Crippen molar-refractivity contribution >= 4 is 23.1 Å². The van der Waals surface area contributed by atoms with Crippen LogP contribution in [0.5, 0.6) is 0 Å². The lowest BCUT2D eigenvalue weighted by Crippen LogP contribution is -2.34. The second-order valence-corrected chi connectivity index (χ2v) is 8.13. The van der Waals surface area contributed by atoms with Crippen LogP contribution in [-0.4, -0.2) is 28.2 Å². The van der Waals surface area contributed by atoms with Gasteiger partial charge in [0.05, 0.1) is 12.1 Å². The van der Waals surface area contributed by atoms with Gasteiger partial charge in [0.15, 0.2) is 0 Å². The van der Waals surface area contributed by atoms with E-state index in [-0.39, 0.29) is 18.4 Å². The zero-order valence-corrected chi connectivity index (χ0v) is 17.6. The van der Waals surface area contributed by atoms with Crippen molar-refractivity contribution in [2.24, 2.45) is 0 Å². The minimum atomic E-state index is -0.250. The topological polar surface area (TPSA) is 53.5 Å². The summed E-state index contributed by atoms with van der Waals surface area (Å²) >= 11 is 0. The molecule has 2 amide bonds. The Labute approximate surface area is 181 Å². The summed E-state index contributed by atoms with van der Waals surface area (Å²) in [6, 6.07) is 17.8. The number of amides is 2. The summed E-state index contributed by atoms with van der Waals surface area (Å²) in [6.07, 6.45) is 4.23. The van der Waals surface area contributed by atoms with Crippen LogP contribution in [0.4, 0.5) is 5.69 Å². The molecule has 1 aromatic heterocycles. The molecule has 0 N–H and O–H groups in total. The summed E-state index contributed by atoms with van der Waals surface area (Å²) in [5, 5.41) is 0. The Morgan fingerprint density at radius 1 is 0.968 bits per heavy atom. The zero-order chi connectivity index (χ0) is 21.5. The monoisotopic (exact) mass is 409 g/mol. The standard InChI is InChI=1S/C26H23N3O2/c1-17-9-10-21(18(2)14-17)23-24(28-13-11-20-7-3-4-8-22(20)28)26(31)29(25(23)30)16-19-6-5-12-27-15-19/h3-10,12,14-15H,11,13,16H2,1-2H3. The fraction of sp³-hybridized carbons (Fsp3) is 0.192. The van der Waals surface area contributed by atoms with Crippen LogP contribution in [0.3, 0.4) is 0 Å². The molecule has 5 nitrogen and oxygen atoms in total. The first kappa shape index (κ1) is 19.2. The molecule has 2 aromatic carbocycles. The van der Waals surface area contributed by atoms with Crippen LogP contribution in [0.15, 0.2) is 72.7 Å². The van der Waals surface area contributed by atoms with Crippen LogP contribution in [0.2, 0.25) is 0 Å². The van der Waals surface area contributed by atoms with Crippen molar-refractivity contribution in [2.45, 2.75) is 26.8 Å². The van der Waals surface area contributed by atoms with Crippen molar-refractivity contribution in [3.8, 4) is 0 Å². The third kappa shape index (κ3) is 3.22. The number of nitrogens with zero attached hydrogens (tertiary/aromatic N) is 3. The van der Waals surface area contributed by atoms with E-state index in [2.05, 4.69) is 17.1 Å². The molecule has 0 bridgehead atoms. The molecular formula is C26H23N3O2. The quantitative estimate of drug-likeness (QED) is 0.611. The number of benzene rings is 2. The number of aromatic nitrogens is 1. The average molecular weight is 409 g/mol. The fourth-order valence-electron chi connectivity index (χ4n) is 4.54. The summed E-state index contributed by atoms with van der Waals surface area (Å²) in [4.78, 5) is 34.8. The summed E-state index contributed by atoms with van der Waals surface area (Å²) < 4.78 is 0. The van der Waals surface area contributed by atoms with Crippen LogP contribution < -0.4 is 4.90 Å². The Balaban J connectivity index is 1.65. The molecule has 5 heteroatoms. The third-order valence-corrected chi connectivity index (χ3v) is 6.02. The largest absolute Gasteiger partial charge is 0.336 e. The molecule has 5 rings (SSSR count). The third-order valence-electron chi connectivity index (χ3n) is 6.02. The number of pyridine rings is 1. The highest BCUT2D eigenvalue weighted by Gasteiger charge is 2.43. The Morgan fingerprint density at radius 2 is 1.81 bits per heavy atom. The van der Waals surface area contributed by atoms with E-state index in [9.17, 15) is 9.59 Å². The molecule has 3 heterocycles. The lowest BCUT2D eigenvalue weighted by atomic mass is 9.97. The van der Waals surface area contributed by atoms with Crippen LogP contribution in [0.25, 0.3) is 5.57 Å². The van der Waals surface area contributed by atoms with Gasteiger partial charge in [-0.1, -0.05) is 48.0 Å². The van der Waals surface area contributed by atoms with E-state index >= 15 is 0 Å². The maximum absolute atomic E-state index is 13.7. The predicted octanol–water partition coefficient (Wildman–Crippen LogP) is 4.04. The van der Waals surface area contributed by atoms with Gasteiger partial charge in [0.1, 0.15) is 5.70 Å². The first-order chi connectivity index (χ1) is 15.0. The van der Waals surface area contributed by atoms with Gasteiger partial charge in [-0.25, -0.2) is 0 Å². The Kier molecular flexibility index (Phi) is 4.66. The van der Waals surface area contributed by atoms with Crippen molar-refractivity contribution in [1.82, 2.24) is 9.88 Å². The van der Waals surface area contributed by atoms with Crippen molar-refractivity contribution in [3.63, 3.8) is 0 Å². The molecule has 0 atom stereocenters. The van der Waals surface area contributed by atoms with Gasteiger partial charge < -0.3 is 4.90 Å². The van der Waals surface area contributed by atoms with Gasteiger partial charge in [-0.05, 0) is 54.7 Å². The number of aryl methyl sites for hydroxylation is 2. The summed E-state index contributed by atoms with van der Waals surface area (Å²) in [5.74, 6) is -0.499. The predicted molar refractivity (Wildman–Crippen MR) is 120 cm³/mol. The lowest BCUT2D eigenvalue weighted by molar-refractivity contribution is -0.137. The van der Waals surface area contributed by atoms with E-state index in [0.29, 0.717) is 17.8 Å². The smallest absolute Gasteiger partial charge is 0.278 e. The van der Waals surface area contributed by atoms with E-state index in [4.69, 9.17) is 0 Å². The molecule has 3 aromatic rings. The molecule has 31 heavy (non-hydrogen) atoms. The highest BCUT2D eigenvalue weighted by Crippen LogP contribution is 2.39. The Hall–Kier alpha value is -3.73. The molecule has 0 aliphatic carbocycles. The number of imide groups is 1. The van der Waals surface area contributed by atoms with Crippen LogP contribution >= 0.6 is 0 Å². The van der Waals surface area contributed by atoms with Gasteiger partial charge in [0.2, 0.25) is 0 Å². The molecule has 0 saturated carbocycles. The Morgan fingerprint density at radius 3 is 2.58 bits per heavy atom. The number of para-hydroxylation sites is 1. The van der Waals surface area contributed by atoms with Crippen molar-refractivity contribution in [3.05, 3.63) is 101 Å². The van der Waals surface area contributed by atoms with Gasteiger partial charge in [0, 0.05) is 24.6 Å². The van der Waals surface area contributed by atoms with Gasteiger partial charge in [-0.3, -0.25) is 19.5 Å². The first-order valence-electron chi connectivity index (χ1n) is 10.5. The second-order valence-electron chi connectivity index (χ2n) is 8.13. The molecule has 0 unspecified atom stereocenters. The number of fused-ring (bicyclic) bond motifs is 1. The summed E-state index contributed by atoms with van der Waals surface area (Å²) in [7, 11) is 0. The second kappa shape index (κ2) is 7.51.